The number of methoxy groups -OCH3 is 2. The van der Waals surface area contributed by atoms with E-state index in [1.54, 1.807) is 14.2 Å². The largest absolute Gasteiger partial charge is 0.497 e. The van der Waals surface area contributed by atoms with Crippen LogP contribution >= 0.6 is 12.4 Å². The van der Waals surface area contributed by atoms with Gasteiger partial charge in [-0.3, -0.25) is 4.79 Å². The third kappa shape index (κ3) is 4.59. The third-order valence-electron chi connectivity index (χ3n) is 5.30. The van der Waals surface area contributed by atoms with Gasteiger partial charge in [0.25, 0.3) is 0 Å². The molecule has 0 spiro atoms. The quantitative estimate of drug-likeness (QED) is 0.837. The Balaban J connectivity index is 0.00000225. The summed E-state index contributed by atoms with van der Waals surface area (Å²) in [7, 11) is 3.35. The first-order chi connectivity index (χ1) is 11.7. The van der Waals surface area contributed by atoms with Crippen LogP contribution in [0.3, 0.4) is 0 Å². The molecule has 1 amide bonds. The van der Waals surface area contributed by atoms with Crippen LogP contribution in [0.5, 0.6) is 11.5 Å². The van der Waals surface area contributed by atoms with E-state index in [0.717, 1.165) is 56.0 Å². The number of nitrogens with one attached hydrogen (secondary N) is 1. The molecule has 2 unspecified atom stereocenters. The highest BCUT2D eigenvalue weighted by atomic mass is 35.5. The van der Waals surface area contributed by atoms with Gasteiger partial charge in [-0.05, 0) is 62.9 Å². The maximum atomic E-state index is 12.8. The van der Waals surface area contributed by atoms with Gasteiger partial charge in [-0.15, -0.1) is 12.4 Å². The fraction of sp³-hybridized carbons (Fsp3) is 0.632. The SMILES string of the molecule is COc1ccc(OC)c(C2CCCN2C(=O)CCC2CCNC2)c1.Cl. The monoisotopic (exact) mass is 368 g/mol. The van der Waals surface area contributed by atoms with Gasteiger partial charge in [-0.25, -0.2) is 0 Å². The Kier molecular flexibility index (Phi) is 7.38. The second-order valence-corrected chi connectivity index (χ2v) is 6.75. The molecule has 2 aliphatic rings. The number of nitrogens with zero attached hydrogens (tertiary/aromatic N) is 1. The van der Waals surface area contributed by atoms with Crippen molar-refractivity contribution in [3.05, 3.63) is 23.8 Å². The van der Waals surface area contributed by atoms with Gasteiger partial charge in [0, 0.05) is 18.5 Å². The second-order valence-electron chi connectivity index (χ2n) is 6.75. The fourth-order valence-electron chi connectivity index (χ4n) is 3.92. The van der Waals surface area contributed by atoms with Crippen LogP contribution in [0.4, 0.5) is 0 Å². The minimum atomic E-state index is 0. The maximum absolute atomic E-state index is 12.8. The lowest BCUT2D eigenvalue weighted by Gasteiger charge is -2.27. The van der Waals surface area contributed by atoms with Crippen LogP contribution in [0.25, 0.3) is 0 Å². The minimum absolute atomic E-state index is 0. The number of rotatable bonds is 6. The van der Waals surface area contributed by atoms with Gasteiger partial charge in [0.1, 0.15) is 11.5 Å². The van der Waals surface area contributed by atoms with Crippen LogP contribution < -0.4 is 14.8 Å². The Bertz CT molecular complexity index is 576. The summed E-state index contributed by atoms with van der Waals surface area (Å²) >= 11 is 0. The molecule has 0 saturated carbocycles. The van der Waals surface area contributed by atoms with Crippen molar-refractivity contribution in [3.63, 3.8) is 0 Å². The molecule has 2 atom stereocenters. The highest BCUT2D eigenvalue weighted by Gasteiger charge is 2.32. The summed E-state index contributed by atoms with van der Waals surface area (Å²) in [6, 6.07) is 5.94. The minimum Gasteiger partial charge on any atom is -0.497 e. The molecule has 2 heterocycles. The highest BCUT2D eigenvalue weighted by Crippen LogP contribution is 2.39. The van der Waals surface area contributed by atoms with Gasteiger partial charge < -0.3 is 19.7 Å². The number of halogens is 1. The normalized spacial score (nSPS) is 22.6. The molecule has 0 aliphatic carbocycles. The molecule has 5 nitrogen and oxygen atoms in total. The standard InChI is InChI=1S/C19H28N2O3.ClH/c1-23-15-6-7-18(24-2)16(12-15)17-4-3-11-21(17)19(22)8-5-14-9-10-20-13-14;/h6-7,12,14,17,20H,3-5,8-11,13H2,1-2H3;1H. The van der Waals surface area contributed by atoms with Crippen molar-refractivity contribution in [2.45, 2.75) is 38.1 Å². The Labute approximate surface area is 156 Å². The van der Waals surface area contributed by atoms with Gasteiger partial charge in [0.2, 0.25) is 5.91 Å². The molecule has 1 aromatic carbocycles. The molecule has 0 radical (unpaired) electrons. The van der Waals surface area contributed by atoms with Crippen LogP contribution in [0.15, 0.2) is 18.2 Å². The van der Waals surface area contributed by atoms with E-state index in [9.17, 15) is 4.79 Å². The Morgan fingerprint density at radius 3 is 2.80 bits per heavy atom. The van der Waals surface area contributed by atoms with Crippen molar-refractivity contribution in [1.82, 2.24) is 10.2 Å². The first kappa shape index (κ1) is 19.9. The lowest BCUT2D eigenvalue weighted by atomic mass is 10.0. The van der Waals surface area contributed by atoms with Crippen LogP contribution in [0.2, 0.25) is 0 Å². The topological polar surface area (TPSA) is 50.8 Å². The number of amides is 1. The summed E-state index contributed by atoms with van der Waals surface area (Å²) in [5.74, 6) is 2.57. The molecule has 2 fully saturated rings. The first-order valence-corrected chi connectivity index (χ1v) is 8.95. The van der Waals surface area contributed by atoms with Crippen LogP contribution in [-0.4, -0.2) is 44.7 Å². The van der Waals surface area contributed by atoms with Crippen molar-refractivity contribution < 1.29 is 14.3 Å². The van der Waals surface area contributed by atoms with Crippen molar-refractivity contribution in [1.29, 1.82) is 0 Å². The number of carbonyl (C=O) groups is 1. The summed E-state index contributed by atoms with van der Waals surface area (Å²) in [4.78, 5) is 14.8. The predicted octanol–water partition coefficient (Wildman–Crippen LogP) is 3.18. The van der Waals surface area contributed by atoms with E-state index in [1.807, 2.05) is 23.1 Å². The maximum Gasteiger partial charge on any atom is 0.223 e. The zero-order chi connectivity index (χ0) is 16.9. The first-order valence-electron chi connectivity index (χ1n) is 8.95. The van der Waals surface area contributed by atoms with E-state index in [-0.39, 0.29) is 24.4 Å². The Morgan fingerprint density at radius 2 is 2.12 bits per heavy atom. The molecule has 2 saturated heterocycles. The summed E-state index contributed by atoms with van der Waals surface area (Å²) < 4.78 is 10.9. The molecule has 25 heavy (non-hydrogen) atoms. The van der Waals surface area contributed by atoms with E-state index in [0.29, 0.717) is 12.3 Å². The highest BCUT2D eigenvalue weighted by molar-refractivity contribution is 5.85. The van der Waals surface area contributed by atoms with Crippen LogP contribution in [0.1, 0.15) is 43.7 Å². The van der Waals surface area contributed by atoms with E-state index >= 15 is 0 Å². The lowest BCUT2D eigenvalue weighted by molar-refractivity contribution is -0.132. The molecule has 0 aromatic heterocycles. The molecular weight excluding hydrogens is 340 g/mol. The van der Waals surface area contributed by atoms with Crippen LogP contribution in [0, 0.1) is 5.92 Å². The molecule has 0 bridgehead atoms. The van der Waals surface area contributed by atoms with Gasteiger partial charge in [0.05, 0.1) is 20.3 Å². The van der Waals surface area contributed by atoms with Crippen molar-refractivity contribution in [2.24, 2.45) is 5.92 Å². The van der Waals surface area contributed by atoms with E-state index in [1.165, 1.54) is 6.42 Å². The Morgan fingerprint density at radius 1 is 1.28 bits per heavy atom. The van der Waals surface area contributed by atoms with Crippen molar-refractivity contribution in [3.8, 4) is 11.5 Å². The number of hydrogen-bond donors (Lipinski definition) is 1. The van der Waals surface area contributed by atoms with Crippen molar-refractivity contribution >= 4 is 18.3 Å². The molecule has 2 aliphatic heterocycles. The smallest absolute Gasteiger partial charge is 0.223 e. The molecular formula is C19H29ClN2O3. The van der Waals surface area contributed by atoms with E-state index in [2.05, 4.69) is 5.32 Å². The van der Waals surface area contributed by atoms with E-state index in [4.69, 9.17) is 9.47 Å². The van der Waals surface area contributed by atoms with Gasteiger partial charge in [-0.1, -0.05) is 0 Å². The average Bonchev–Trinajstić information content (AvgIpc) is 3.30. The fourth-order valence-corrected chi connectivity index (χ4v) is 3.92. The Hall–Kier alpha value is -1.46. The number of ether oxygens (including phenoxy) is 2. The predicted molar refractivity (Wildman–Crippen MR) is 101 cm³/mol. The zero-order valence-corrected chi connectivity index (χ0v) is 15.9. The summed E-state index contributed by atoms with van der Waals surface area (Å²) in [6.07, 6.45) is 4.86. The van der Waals surface area contributed by atoms with Gasteiger partial charge >= 0.3 is 0 Å². The molecule has 3 rings (SSSR count). The summed E-state index contributed by atoms with van der Waals surface area (Å²) in [6.45, 7) is 2.99. The second kappa shape index (κ2) is 9.30. The number of benzene rings is 1. The van der Waals surface area contributed by atoms with Gasteiger partial charge in [0.15, 0.2) is 0 Å². The molecule has 1 aromatic rings. The molecule has 140 valence electrons. The number of hydrogen-bond acceptors (Lipinski definition) is 4. The molecule has 1 N–H and O–H groups in total. The lowest BCUT2D eigenvalue weighted by Crippen LogP contribution is -2.31. The van der Waals surface area contributed by atoms with Gasteiger partial charge in [-0.2, -0.15) is 0 Å². The zero-order valence-electron chi connectivity index (χ0n) is 15.1. The molecule has 6 heteroatoms. The number of carbonyl (C=O) groups excluding carboxylic acids is 1. The van der Waals surface area contributed by atoms with Crippen LogP contribution in [-0.2, 0) is 4.79 Å². The summed E-state index contributed by atoms with van der Waals surface area (Å²) in [5.41, 5.74) is 1.06. The average molecular weight is 369 g/mol. The number of likely N-dealkylation sites (tertiary alicyclic amines) is 1. The third-order valence-corrected chi connectivity index (χ3v) is 5.30. The van der Waals surface area contributed by atoms with Crippen molar-refractivity contribution in [2.75, 3.05) is 33.9 Å². The van der Waals surface area contributed by atoms with E-state index < -0.39 is 0 Å². The summed E-state index contributed by atoms with van der Waals surface area (Å²) in [5, 5.41) is 3.37.